The van der Waals surface area contributed by atoms with Crippen molar-refractivity contribution in [2.75, 3.05) is 5.32 Å². The molecule has 1 atom stereocenters. The molecule has 6 heteroatoms. The highest BCUT2D eigenvalue weighted by Gasteiger charge is 2.15. The summed E-state index contributed by atoms with van der Waals surface area (Å²) >= 11 is 1.44. The van der Waals surface area contributed by atoms with Crippen LogP contribution in [-0.2, 0) is 16.0 Å². The molecular weight excluding hydrogens is 286 g/mol. The summed E-state index contributed by atoms with van der Waals surface area (Å²) in [6, 6.07) is 9.49. The molecule has 0 spiro atoms. The summed E-state index contributed by atoms with van der Waals surface area (Å²) in [5.74, 6) is -0.507. The number of hydrogen-bond donors (Lipinski definition) is 2. The minimum atomic E-state index is -0.580. The van der Waals surface area contributed by atoms with Crippen molar-refractivity contribution in [2.24, 2.45) is 0 Å². The van der Waals surface area contributed by atoms with Crippen LogP contribution in [0.5, 0.6) is 0 Å². The number of hydrogen-bond acceptors (Lipinski definition) is 4. The second-order valence-corrected chi connectivity index (χ2v) is 5.82. The lowest BCUT2D eigenvalue weighted by Crippen LogP contribution is -2.40. The number of thiazole rings is 1. The molecule has 0 aliphatic heterocycles. The maximum absolute atomic E-state index is 11.9. The van der Waals surface area contributed by atoms with Gasteiger partial charge < -0.3 is 10.6 Å². The quantitative estimate of drug-likeness (QED) is 0.889. The van der Waals surface area contributed by atoms with Gasteiger partial charge in [-0.3, -0.25) is 9.59 Å². The third kappa shape index (κ3) is 4.68. The lowest BCUT2D eigenvalue weighted by molar-refractivity contribution is -0.124. The predicted molar refractivity (Wildman–Crippen MR) is 83.3 cm³/mol. The second kappa shape index (κ2) is 6.99. The number of aromatic nitrogens is 1. The Kier molecular flexibility index (Phi) is 5.05. The van der Waals surface area contributed by atoms with Gasteiger partial charge in [0, 0.05) is 24.4 Å². The molecule has 2 amide bonds. The molecule has 0 aliphatic carbocycles. The number of rotatable bonds is 5. The first-order chi connectivity index (χ1) is 10.0. The summed E-state index contributed by atoms with van der Waals surface area (Å²) in [6.45, 7) is 3.01. The molecule has 0 saturated carbocycles. The van der Waals surface area contributed by atoms with E-state index in [0.29, 0.717) is 5.13 Å². The lowest BCUT2D eigenvalue weighted by Gasteiger charge is -2.10. The lowest BCUT2D eigenvalue weighted by atomic mass is 10.1. The standard InChI is InChI=1S/C15H17N3O2S/c1-10(17-11(2)19)14(20)18-15-16-9-13(21-15)8-12-6-4-3-5-7-12/h3-7,9-10H,8H2,1-2H3,(H,17,19)(H,16,18,20). The Morgan fingerprint density at radius 1 is 1.29 bits per heavy atom. The van der Waals surface area contributed by atoms with Crippen LogP contribution in [0.2, 0.25) is 0 Å². The van der Waals surface area contributed by atoms with Crippen molar-refractivity contribution in [3.8, 4) is 0 Å². The zero-order valence-electron chi connectivity index (χ0n) is 11.9. The van der Waals surface area contributed by atoms with E-state index in [4.69, 9.17) is 0 Å². The Hall–Kier alpha value is -2.21. The molecule has 0 aliphatic rings. The van der Waals surface area contributed by atoms with Crippen LogP contribution >= 0.6 is 11.3 Å². The minimum Gasteiger partial charge on any atom is -0.345 e. The van der Waals surface area contributed by atoms with Crippen LogP contribution < -0.4 is 10.6 Å². The van der Waals surface area contributed by atoms with Crippen LogP contribution in [0.3, 0.4) is 0 Å². The summed E-state index contributed by atoms with van der Waals surface area (Å²) in [7, 11) is 0. The van der Waals surface area contributed by atoms with Crippen LogP contribution in [0.1, 0.15) is 24.3 Å². The summed E-state index contributed by atoms with van der Waals surface area (Å²) in [5.41, 5.74) is 1.20. The molecule has 1 aromatic heterocycles. The third-order valence-electron chi connectivity index (χ3n) is 2.82. The molecule has 1 aromatic carbocycles. The van der Waals surface area contributed by atoms with E-state index in [1.165, 1.54) is 23.8 Å². The maximum Gasteiger partial charge on any atom is 0.248 e. The van der Waals surface area contributed by atoms with Gasteiger partial charge in [0.15, 0.2) is 5.13 Å². The Morgan fingerprint density at radius 3 is 2.67 bits per heavy atom. The van der Waals surface area contributed by atoms with Crippen molar-refractivity contribution in [2.45, 2.75) is 26.3 Å². The molecule has 0 saturated heterocycles. The molecule has 21 heavy (non-hydrogen) atoms. The average Bonchev–Trinajstić information content (AvgIpc) is 2.86. The highest BCUT2D eigenvalue weighted by atomic mass is 32.1. The van der Waals surface area contributed by atoms with E-state index >= 15 is 0 Å². The largest absolute Gasteiger partial charge is 0.345 e. The molecule has 2 N–H and O–H groups in total. The number of carbonyl (C=O) groups excluding carboxylic acids is 2. The maximum atomic E-state index is 11.9. The first-order valence-electron chi connectivity index (χ1n) is 6.61. The van der Waals surface area contributed by atoms with Crippen molar-refractivity contribution >= 4 is 28.3 Å². The topological polar surface area (TPSA) is 71.1 Å². The monoisotopic (exact) mass is 303 g/mol. The Morgan fingerprint density at radius 2 is 2.00 bits per heavy atom. The van der Waals surface area contributed by atoms with Crippen molar-refractivity contribution in [3.05, 3.63) is 47.0 Å². The van der Waals surface area contributed by atoms with Crippen LogP contribution in [0.4, 0.5) is 5.13 Å². The van der Waals surface area contributed by atoms with Crippen LogP contribution in [-0.4, -0.2) is 22.8 Å². The van der Waals surface area contributed by atoms with E-state index < -0.39 is 6.04 Å². The van der Waals surface area contributed by atoms with E-state index in [1.807, 2.05) is 18.2 Å². The van der Waals surface area contributed by atoms with Gasteiger partial charge in [-0.25, -0.2) is 4.98 Å². The summed E-state index contributed by atoms with van der Waals surface area (Å²) in [4.78, 5) is 28.0. The van der Waals surface area contributed by atoms with Crippen LogP contribution in [0, 0.1) is 0 Å². The molecule has 1 heterocycles. The predicted octanol–water partition coefficient (Wildman–Crippen LogP) is 2.20. The molecule has 110 valence electrons. The van der Waals surface area contributed by atoms with Crippen molar-refractivity contribution in [3.63, 3.8) is 0 Å². The first-order valence-corrected chi connectivity index (χ1v) is 7.43. The normalized spacial score (nSPS) is 11.7. The molecule has 2 rings (SSSR count). The Labute approximate surface area is 127 Å². The number of amides is 2. The van der Waals surface area contributed by atoms with E-state index in [1.54, 1.807) is 13.1 Å². The summed E-state index contributed by atoms with van der Waals surface area (Å²) in [5, 5.41) is 5.79. The molecule has 0 radical (unpaired) electrons. The van der Waals surface area contributed by atoms with Gasteiger partial charge in [0.05, 0.1) is 0 Å². The zero-order valence-corrected chi connectivity index (χ0v) is 12.7. The molecule has 0 fully saturated rings. The van der Waals surface area contributed by atoms with E-state index in [-0.39, 0.29) is 11.8 Å². The van der Waals surface area contributed by atoms with Gasteiger partial charge in [0.25, 0.3) is 0 Å². The smallest absolute Gasteiger partial charge is 0.248 e. The number of nitrogens with one attached hydrogen (secondary N) is 2. The third-order valence-corrected chi connectivity index (χ3v) is 3.73. The highest BCUT2D eigenvalue weighted by molar-refractivity contribution is 7.15. The van der Waals surface area contributed by atoms with Gasteiger partial charge in [-0.05, 0) is 12.5 Å². The molecular formula is C15H17N3O2S. The van der Waals surface area contributed by atoms with Crippen LogP contribution in [0.15, 0.2) is 36.5 Å². The fourth-order valence-corrected chi connectivity index (χ4v) is 2.68. The molecule has 0 bridgehead atoms. The SMILES string of the molecule is CC(=O)NC(C)C(=O)Nc1ncc(Cc2ccccc2)s1. The molecule has 2 aromatic rings. The fourth-order valence-electron chi connectivity index (χ4n) is 1.83. The Balaban J connectivity index is 1.94. The van der Waals surface area contributed by atoms with E-state index in [2.05, 4.69) is 27.8 Å². The van der Waals surface area contributed by atoms with Gasteiger partial charge in [-0.2, -0.15) is 0 Å². The van der Waals surface area contributed by atoms with E-state index in [0.717, 1.165) is 11.3 Å². The summed E-state index contributed by atoms with van der Waals surface area (Å²) < 4.78 is 0. The van der Waals surface area contributed by atoms with Crippen molar-refractivity contribution < 1.29 is 9.59 Å². The van der Waals surface area contributed by atoms with Gasteiger partial charge in [-0.15, -0.1) is 11.3 Å². The highest BCUT2D eigenvalue weighted by Crippen LogP contribution is 2.21. The fraction of sp³-hybridized carbons (Fsp3) is 0.267. The van der Waals surface area contributed by atoms with Crippen LogP contribution in [0.25, 0.3) is 0 Å². The van der Waals surface area contributed by atoms with Gasteiger partial charge in [0.2, 0.25) is 11.8 Å². The first kappa shape index (κ1) is 15.2. The summed E-state index contributed by atoms with van der Waals surface area (Å²) in [6.07, 6.45) is 2.55. The number of anilines is 1. The van der Waals surface area contributed by atoms with Crippen molar-refractivity contribution in [1.29, 1.82) is 0 Å². The van der Waals surface area contributed by atoms with Gasteiger partial charge >= 0.3 is 0 Å². The number of benzene rings is 1. The molecule has 1 unspecified atom stereocenters. The number of carbonyl (C=O) groups is 2. The minimum absolute atomic E-state index is 0.235. The zero-order chi connectivity index (χ0) is 15.2. The average molecular weight is 303 g/mol. The van der Waals surface area contributed by atoms with Gasteiger partial charge in [-0.1, -0.05) is 30.3 Å². The van der Waals surface area contributed by atoms with Gasteiger partial charge in [0.1, 0.15) is 6.04 Å². The number of nitrogens with zero attached hydrogens (tertiary/aromatic N) is 1. The van der Waals surface area contributed by atoms with Crippen molar-refractivity contribution in [1.82, 2.24) is 10.3 Å². The van der Waals surface area contributed by atoms with E-state index in [9.17, 15) is 9.59 Å². The molecule has 5 nitrogen and oxygen atoms in total. The Bertz CT molecular complexity index is 625. The second-order valence-electron chi connectivity index (χ2n) is 4.71.